The zero-order chi connectivity index (χ0) is 12.0. The minimum Gasteiger partial charge on any atom is -0.399 e. The number of hydrogen-bond donors (Lipinski definition) is 3. The maximum atomic E-state index is 11.6. The first-order valence-electron chi connectivity index (χ1n) is 4.98. The van der Waals surface area contributed by atoms with Crippen molar-refractivity contribution in [2.24, 2.45) is 0 Å². The van der Waals surface area contributed by atoms with Crippen LogP contribution in [-0.4, -0.2) is 25.4 Å². The van der Waals surface area contributed by atoms with Crippen molar-refractivity contribution in [3.8, 4) is 0 Å². The minimum atomic E-state index is -0.226. The van der Waals surface area contributed by atoms with Crippen LogP contribution in [0.4, 0.5) is 5.69 Å². The Kier molecular flexibility index (Phi) is 6.74. The third-order valence-electron chi connectivity index (χ3n) is 2.07. The number of benzene rings is 1. The summed E-state index contributed by atoms with van der Waals surface area (Å²) in [6, 6.07) is 6.69. The van der Waals surface area contributed by atoms with Gasteiger partial charge >= 0.3 is 0 Å². The van der Waals surface area contributed by atoms with Gasteiger partial charge in [0.2, 0.25) is 5.91 Å². The van der Waals surface area contributed by atoms with Crippen LogP contribution in [-0.2, 0) is 4.79 Å². The molecule has 6 heteroatoms. The highest BCUT2D eigenvalue weighted by Crippen LogP contribution is 2.05. The van der Waals surface area contributed by atoms with Crippen molar-refractivity contribution < 1.29 is 9.59 Å². The summed E-state index contributed by atoms with van der Waals surface area (Å²) in [5.74, 6) is -0.330. The zero-order valence-corrected chi connectivity index (χ0v) is 10.3. The van der Waals surface area contributed by atoms with E-state index in [0.29, 0.717) is 17.8 Å². The second-order valence-electron chi connectivity index (χ2n) is 3.30. The lowest BCUT2D eigenvalue weighted by Gasteiger charge is -2.05. The summed E-state index contributed by atoms with van der Waals surface area (Å²) in [5.41, 5.74) is 6.59. The van der Waals surface area contributed by atoms with Crippen LogP contribution in [0.2, 0.25) is 0 Å². The SMILES string of the molecule is CNC(=O)CCNC(=O)c1cccc(N)c1.Cl. The molecule has 1 rings (SSSR count). The first kappa shape index (κ1) is 15.2. The largest absolute Gasteiger partial charge is 0.399 e. The van der Waals surface area contributed by atoms with Gasteiger partial charge in [-0.25, -0.2) is 0 Å². The predicted octanol–water partition coefficient (Wildman–Crippen LogP) is 0.556. The van der Waals surface area contributed by atoms with Gasteiger partial charge in [-0.3, -0.25) is 9.59 Å². The normalized spacial score (nSPS) is 9.00. The summed E-state index contributed by atoms with van der Waals surface area (Å²) < 4.78 is 0. The molecule has 5 nitrogen and oxygen atoms in total. The van der Waals surface area contributed by atoms with Crippen LogP contribution in [0.5, 0.6) is 0 Å². The smallest absolute Gasteiger partial charge is 0.251 e. The first-order chi connectivity index (χ1) is 7.63. The highest BCUT2D eigenvalue weighted by atomic mass is 35.5. The van der Waals surface area contributed by atoms with Gasteiger partial charge < -0.3 is 16.4 Å². The predicted molar refractivity (Wildman–Crippen MR) is 69.1 cm³/mol. The van der Waals surface area contributed by atoms with Crippen LogP contribution in [0.3, 0.4) is 0 Å². The van der Waals surface area contributed by atoms with E-state index in [9.17, 15) is 9.59 Å². The standard InChI is InChI=1S/C11H15N3O2.ClH/c1-13-10(15)5-6-14-11(16)8-3-2-4-9(12)7-8;/h2-4,7H,5-6,12H2,1H3,(H,13,15)(H,14,16);1H. The Hall–Kier alpha value is -1.75. The quantitative estimate of drug-likeness (QED) is 0.689. The van der Waals surface area contributed by atoms with Gasteiger partial charge in [-0.1, -0.05) is 6.07 Å². The number of halogens is 1. The third kappa shape index (κ3) is 5.21. The molecule has 0 radical (unpaired) electrons. The van der Waals surface area contributed by atoms with Gasteiger partial charge in [0.25, 0.3) is 5.91 Å². The highest BCUT2D eigenvalue weighted by molar-refractivity contribution is 5.95. The fourth-order valence-corrected chi connectivity index (χ4v) is 1.20. The Bertz CT molecular complexity index is 396. The molecule has 0 heterocycles. The van der Waals surface area contributed by atoms with E-state index in [-0.39, 0.29) is 30.6 Å². The molecule has 0 fully saturated rings. The van der Waals surface area contributed by atoms with Crippen LogP contribution in [0.15, 0.2) is 24.3 Å². The second kappa shape index (κ2) is 7.51. The Morgan fingerprint density at radius 1 is 1.35 bits per heavy atom. The van der Waals surface area contributed by atoms with E-state index in [2.05, 4.69) is 10.6 Å². The van der Waals surface area contributed by atoms with Crippen LogP contribution in [0.1, 0.15) is 16.8 Å². The Balaban J connectivity index is 0.00000256. The molecule has 0 saturated carbocycles. The lowest BCUT2D eigenvalue weighted by molar-refractivity contribution is -0.120. The number of rotatable bonds is 4. The maximum Gasteiger partial charge on any atom is 0.251 e. The number of amides is 2. The van der Waals surface area contributed by atoms with Crippen molar-refractivity contribution >= 4 is 29.9 Å². The molecule has 0 aliphatic rings. The van der Waals surface area contributed by atoms with Crippen LogP contribution in [0, 0.1) is 0 Å². The van der Waals surface area contributed by atoms with Gasteiger partial charge in [0.1, 0.15) is 0 Å². The molecule has 0 aromatic heterocycles. The van der Waals surface area contributed by atoms with E-state index in [0.717, 1.165) is 0 Å². The molecule has 0 bridgehead atoms. The van der Waals surface area contributed by atoms with Crippen molar-refractivity contribution in [2.75, 3.05) is 19.3 Å². The third-order valence-corrected chi connectivity index (χ3v) is 2.07. The van der Waals surface area contributed by atoms with E-state index in [4.69, 9.17) is 5.73 Å². The number of nitrogens with two attached hydrogens (primary N) is 1. The van der Waals surface area contributed by atoms with E-state index in [1.54, 1.807) is 31.3 Å². The van der Waals surface area contributed by atoms with E-state index in [1.165, 1.54) is 0 Å². The number of nitrogens with one attached hydrogen (secondary N) is 2. The average molecular weight is 258 g/mol. The summed E-state index contributed by atoms with van der Waals surface area (Å²) in [4.78, 5) is 22.5. The average Bonchev–Trinajstić information content (AvgIpc) is 2.28. The molecule has 4 N–H and O–H groups in total. The minimum absolute atomic E-state index is 0. The number of hydrogen-bond acceptors (Lipinski definition) is 3. The van der Waals surface area contributed by atoms with E-state index < -0.39 is 0 Å². The van der Waals surface area contributed by atoms with Gasteiger partial charge in [-0.15, -0.1) is 12.4 Å². The maximum absolute atomic E-state index is 11.6. The topological polar surface area (TPSA) is 84.2 Å². The lowest BCUT2D eigenvalue weighted by Crippen LogP contribution is -2.29. The summed E-state index contributed by atoms with van der Waals surface area (Å²) >= 11 is 0. The number of carbonyl (C=O) groups is 2. The molecule has 94 valence electrons. The molecule has 17 heavy (non-hydrogen) atoms. The number of anilines is 1. The molecule has 0 spiro atoms. The highest BCUT2D eigenvalue weighted by Gasteiger charge is 2.05. The van der Waals surface area contributed by atoms with Crippen molar-refractivity contribution in [3.05, 3.63) is 29.8 Å². The van der Waals surface area contributed by atoms with Gasteiger partial charge in [0, 0.05) is 31.3 Å². The van der Waals surface area contributed by atoms with Crippen LogP contribution < -0.4 is 16.4 Å². The molecule has 0 saturated heterocycles. The van der Waals surface area contributed by atoms with E-state index in [1.807, 2.05) is 0 Å². The fraction of sp³-hybridized carbons (Fsp3) is 0.273. The van der Waals surface area contributed by atoms with Crippen LogP contribution in [0.25, 0.3) is 0 Å². The first-order valence-corrected chi connectivity index (χ1v) is 4.98. The molecule has 0 aliphatic heterocycles. The summed E-state index contributed by atoms with van der Waals surface area (Å²) in [6.45, 7) is 0.313. The van der Waals surface area contributed by atoms with Crippen molar-refractivity contribution in [1.29, 1.82) is 0 Å². The number of nitrogen functional groups attached to an aromatic ring is 1. The number of carbonyl (C=O) groups excluding carboxylic acids is 2. The van der Waals surface area contributed by atoms with Gasteiger partial charge in [-0.05, 0) is 18.2 Å². The Morgan fingerprint density at radius 3 is 2.65 bits per heavy atom. The van der Waals surface area contributed by atoms with Gasteiger partial charge in [0.15, 0.2) is 0 Å². The zero-order valence-electron chi connectivity index (χ0n) is 9.53. The molecule has 0 unspecified atom stereocenters. The molecule has 1 aromatic rings. The van der Waals surface area contributed by atoms with Gasteiger partial charge in [-0.2, -0.15) is 0 Å². The molecule has 0 atom stereocenters. The van der Waals surface area contributed by atoms with E-state index >= 15 is 0 Å². The summed E-state index contributed by atoms with van der Waals surface area (Å²) in [5, 5.41) is 5.11. The van der Waals surface area contributed by atoms with Crippen molar-refractivity contribution in [2.45, 2.75) is 6.42 Å². The Morgan fingerprint density at radius 2 is 2.06 bits per heavy atom. The summed E-state index contributed by atoms with van der Waals surface area (Å²) in [6.07, 6.45) is 0.268. The molecule has 0 aliphatic carbocycles. The lowest BCUT2D eigenvalue weighted by atomic mass is 10.2. The second-order valence-corrected chi connectivity index (χ2v) is 3.30. The molecular weight excluding hydrogens is 242 g/mol. The Labute approximate surface area is 106 Å². The summed E-state index contributed by atoms with van der Waals surface area (Å²) in [7, 11) is 1.56. The van der Waals surface area contributed by atoms with Crippen LogP contribution >= 0.6 is 12.4 Å². The monoisotopic (exact) mass is 257 g/mol. The molecular formula is C11H16ClN3O2. The van der Waals surface area contributed by atoms with Crippen molar-refractivity contribution in [3.63, 3.8) is 0 Å². The molecule has 1 aromatic carbocycles. The van der Waals surface area contributed by atoms with Crippen molar-refractivity contribution in [1.82, 2.24) is 10.6 Å². The van der Waals surface area contributed by atoms with Gasteiger partial charge in [0.05, 0.1) is 0 Å². The fourth-order valence-electron chi connectivity index (χ4n) is 1.20. The molecule has 2 amide bonds.